The second-order valence-electron chi connectivity index (χ2n) is 6.80. The summed E-state index contributed by atoms with van der Waals surface area (Å²) in [4.78, 5) is 29.3. The molecule has 0 N–H and O–H groups in total. The number of nitrogens with zero attached hydrogens (tertiary/aromatic N) is 2. The van der Waals surface area contributed by atoms with Gasteiger partial charge in [0.2, 0.25) is 11.6 Å². The summed E-state index contributed by atoms with van der Waals surface area (Å²) in [5.41, 5.74) is -0.442. The first-order valence-corrected chi connectivity index (χ1v) is 7.13. The molecule has 1 aliphatic carbocycles. The van der Waals surface area contributed by atoms with Crippen molar-refractivity contribution in [3.05, 3.63) is 23.2 Å². The molecule has 0 aromatic heterocycles. The highest BCUT2D eigenvalue weighted by atomic mass is 16.2. The van der Waals surface area contributed by atoms with Crippen molar-refractivity contribution in [2.45, 2.75) is 40.5 Å². The smallest absolute Gasteiger partial charge is 0.226 e. The molecule has 0 bridgehead atoms. The maximum absolute atomic E-state index is 12.4. The number of rotatable bonds is 0. The number of ketones is 1. The van der Waals surface area contributed by atoms with Gasteiger partial charge >= 0.3 is 0 Å². The van der Waals surface area contributed by atoms with Gasteiger partial charge in [-0.3, -0.25) is 4.79 Å². The summed E-state index contributed by atoms with van der Waals surface area (Å²) in [6.45, 7) is 16.2. The molecular formula is C16H22N2O2. The predicted molar refractivity (Wildman–Crippen MR) is 76.6 cm³/mol. The van der Waals surface area contributed by atoms with E-state index in [2.05, 4.69) is 11.8 Å². The van der Waals surface area contributed by atoms with Crippen molar-refractivity contribution in [1.82, 2.24) is 4.90 Å². The Bertz CT molecular complexity index is 527. The Morgan fingerprint density at radius 3 is 2.60 bits per heavy atom. The lowest BCUT2D eigenvalue weighted by Gasteiger charge is -2.46. The Morgan fingerprint density at radius 2 is 2.05 bits per heavy atom. The van der Waals surface area contributed by atoms with Gasteiger partial charge in [-0.2, -0.15) is 0 Å². The van der Waals surface area contributed by atoms with E-state index >= 15 is 0 Å². The van der Waals surface area contributed by atoms with E-state index in [0.29, 0.717) is 13.1 Å². The van der Waals surface area contributed by atoms with Crippen LogP contribution in [0.1, 0.15) is 40.5 Å². The number of hydrogen-bond donors (Lipinski definition) is 0. The van der Waals surface area contributed by atoms with Gasteiger partial charge in [0.25, 0.3) is 0 Å². The van der Waals surface area contributed by atoms with Crippen molar-refractivity contribution in [1.29, 1.82) is 0 Å². The predicted octanol–water partition coefficient (Wildman–Crippen LogP) is 2.66. The number of likely N-dealkylation sites (tertiary alicyclic amines) is 1. The third kappa shape index (κ3) is 2.15. The van der Waals surface area contributed by atoms with E-state index in [1.807, 2.05) is 24.8 Å². The maximum Gasteiger partial charge on any atom is 0.226 e. The van der Waals surface area contributed by atoms with Crippen LogP contribution in [0.4, 0.5) is 0 Å². The minimum absolute atomic E-state index is 0.0498. The molecule has 2 rings (SSSR count). The third-order valence-electron chi connectivity index (χ3n) is 5.13. The van der Waals surface area contributed by atoms with Crippen LogP contribution in [0.2, 0.25) is 0 Å². The fourth-order valence-electron chi connectivity index (χ4n) is 3.90. The van der Waals surface area contributed by atoms with Crippen LogP contribution in [-0.2, 0) is 9.59 Å². The van der Waals surface area contributed by atoms with Crippen molar-refractivity contribution in [2.24, 2.45) is 16.7 Å². The highest BCUT2D eigenvalue weighted by Crippen LogP contribution is 2.52. The zero-order chi connectivity index (χ0) is 15.1. The normalized spacial score (nSPS) is 32.8. The van der Waals surface area contributed by atoms with Gasteiger partial charge in [-0.1, -0.05) is 26.8 Å². The average molecular weight is 274 g/mol. The van der Waals surface area contributed by atoms with Crippen molar-refractivity contribution >= 4 is 11.7 Å². The Hall–Kier alpha value is -1.63. The fourth-order valence-corrected chi connectivity index (χ4v) is 3.90. The molecule has 1 fully saturated rings. The summed E-state index contributed by atoms with van der Waals surface area (Å²) in [5.74, 6) is 0.217. The summed E-state index contributed by atoms with van der Waals surface area (Å²) < 4.78 is 0. The molecule has 4 heteroatoms. The number of fused-ring (bicyclic) bond motifs is 1. The molecule has 0 aromatic rings. The van der Waals surface area contributed by atoms with E-state index in [-0.39, 0.29) is 28.7 Å². The number of carbonyl (C=O) groups is 2. The largest absolute Gasteiger partial charge is 0.343 e. The Kier molecular flexibility index (Phi) is 3.49. The first kappa shape index (κ1) is 14.8. The summed E-state index contributed by atoms with van der Waals surface area (Å²) in [6, 6.07) is 0. The quantitative estimate of drug-likeness (QED) is 0.637. The molecule has 0 aromatic carbocycles. The Labute approximate surface area is 120 Å². The first-order valence-electron chi connectivity index (χ1n) is 7.13. The minimum Gasteiger partial charge on any atom is -0.343 e. The van der Waals surface area contributed by atoms with E-state index in [1.54, 1.807) is 6.92 Å². The van der Waals surface area contributed by atoms with Crippen molar-refractivity contribution in [3.63, 3.8) is 0 Å². The zero-order valence-electron chi connectivity index (χ0n) is 12.7. The van der Waals surface area contributed by atoms with Crippen LogP contribution in [-0.4, -0.2) is 29.7 Å². The molecule has 1 amide bonds. The highest BCUT2D eigenvalue weighted by molar-refractivity contribution is 6.02. The van der Waals surface area contributed by atoms with Gasteiger partial charge in [-0.05, 0) is 24.2 Å². The van der Waals surface area contributed by atoms with Crippen molar-refractivity contribution in [3.8, 4) is 0 Å². The molecule has 1 saturated heterocycles. The fraction of sp³-hybridized carbons (Fsp3) is 0.688. The molecule has 108 valence electrons. The molecule has 2 aliphatic rings. The molecule has 0 saturated carbocycles. The van der Waals surface area contributed by atoms with Crippen molar-refractivity contribution < 1.29 is 9.59 Å². The lowest BCUT2D eigenvalue weighted by atomic mass is 9.56. The van der Waals surface area contributed by atoms with Gasteiger partial charge in [0.15, 0.2) is 5.78 Å². The van der Waals surface area contributed by atoms with Crippen LogP contribution in [0.5, 0.6) is 0 Å². The highest BCUT2D eigenvalue weighted by Gasteiger charge is 2.51. The van der Waals surface area contributed by atoms with Gasteiger partial charge in [0, 0.05) is 25.4 Å². The average Bonchev–Trinajstić information content (AvgIpc) is 2.54. The first-order chi connectivity index (χ1) is 9.22. The molecule has 2 atom stereocenters. The molecule has 20 heavy (non-hydrogen) atoms. The lowest BCUT2D eigenvalue weighted by Crippen LogP contribution is -2.46. The van der Waals surface area contributed by atoms with Crippen LogP contribution < -0.4 is 0 Å². The van der Waals surface area contributed by atoms with Gasteiger partial charge in [-0.25, -0.2) is 4.85 Å². The van der Waals surface area contributed by atoms with Crippen molar-refractivity contribution in [2.75, 3.05) is 13.1 Å². The number of carbonyl (C=O) groups excluding carboxylic acids is 2. The van der Waals surface area contributed by atoms with Gasteiger partial charge in [-0.15, -0.1) is 0 Å². The van der Waals surface area contributed by atoms with E-state index in [0.717, 1.165) is 12.8 Å². The molecule has 1 heterocycles. The van der Waals surface area contributed by atoms with E-state index in [9.17, 15) is 9.59 Å². The maximum atomic E-state index is 12.4. The van der Waals surface area contributed by atoms with E-state index in [4.69, 9.17) is 6.57 Å². The van der Waals surface area contributed by atoms with E-state index in [1.165, 1.54) is 0 Å². The van der Waals surface area contributed by atoms with Gasteiger partial charge in [0.05, 0.1) is 6.57 Å². The molecule has 1 aliphatic heterocycles. The Balaban J connectivity index is 2.44. The zero-order valence-corrected chi connectivity index (χ0v) is 12.7. The summed E-state index contributed by atoms with van der Waals surface area (Å²) in [6.07, 6.45) is 3.49. The van der Waals surface area contributed by atoms with Crippen LogP contribution in [0.3, 0.4) is 0 Å². The van der Waals surface area contributed by atoms with Crippen LogP contribution in [0, 0.1) is 23.3 Å². The van der Waals surface area contributed by atoms with E-state index < -0.39 is 5.41 Å². The minimum atomic E-state index is -0.532. The van der Waals surface area contributed by atoms with Gasteiger partial charge < -0.3 is 9.69 Å². The van der Waals surface area contributed by atoms with Crippen LogP contribution >= 0.6 is 0 Å². The Morgan fingerprint density at radius 1 is 1.40 bits per heavy atom. The number of Topliss-reactive ketones (excluding diaryl/α,β-unsaturated/α-hetero) is 1. The molecule has 0 unspecified atom stereocenters. The van der Waals surface area contributed by atoms with Crippen LogP contribution in [0.25, 0.3) is 4.85 Å². The summed E-state index contributed by atoms with van der Waals surface area (Å²) in [5, 5.41) is 0. The molecule has 0 spiro atoms. The standard InChI is InChI=1S/C16H22N2O2/c1-11(19)18-8-6-13-15(2,3)14(20)12(17-5)10-16(13,4)7-9-18/h10,13H,6-9H2,1-4H3/t13-,16-/m1/s1. The van der Waals surface area contributed by atoms with Gasteiger partial charge in [0.1, 0.15) is 0 Å². The molecular weight excluding hydrogens is 252 g/mol. The monoisotopic (exact) mass is 274 g/mol. The SMILES string of the molecule is [C-]#[N+]C1=C[C@@]2(C)CCN(C(C)=O)CC[C@@H]2C(C)(C)C1=O. The molecule has 0 radical (unpaired) electrons. The number of hydrogen-bond acceptors (Lipinski definition) is 2. The van der Waals surface area contributed by atoms with Crippen LogP contribution in [0.15, 0.2) is 11.8 Å². The number of allylic oxidation sites excluding steroid dienone is 2. The number of amides is 1. The summed E-state index contributed by atoms with van der Waals surface area (Å²) in [7, 11) is 0. The third-order valence-corrected chi connectivity index (χ3v) is 5.13. The topological polar surface area (TPSA) is 41.7 Å². The lowest BCUT2D eigenvalue weighted by molar-refractivity contribution is -0.129. The summed E-state index contributed by atoms with van der Waals surface area (Å²) >= 11 is 0. The molecule has 4 nitrogen and oxygen atoms in total. The second-order valence-corrected chi connectivity index (χ2v) is 6.80. The second kappa shape index (κ2) is 4.73.